The van der Waals surface area contributed by atoms with E-state index in [1.807, 2.05) is 31.3 Å². The Balaban J connectivity index is 1.79. The van der Waals surface area contributed by atoms with Crippen LogP contribution in [0.4, 0.5) is 0 Å². The molecule has 0 saturated heterocycles. The minimum Gasteiger partial charge on any atom is -0.496 e. The first-order valence-electron chi connectivity index (χ1n) is 6.99. The van der Waals surface area contributed by atoms with Crippen molar-refractivity contribution in [1.29, 1.82) is 0 Å². The fraction of sp³-hybridized carbons (Fsp3) is 0.400. The molecule has 0 radical (unpaired) electrons. The summed E-state index contributed by atoms with van der Waals surface area (Å²) < 4.78 is 9.11. The third-order valence-corrected chi connectivity index (χ3v) is 4.10. The van der Waals surface area contributed by atoms with Crippen LogP contribution in [0.3, 0.4) is 0 Å². The number of carbonyl (C=O) groups is 1. The first kappa shape index (κ1) is 16.4. The number of carbonyl (C=O) groups excluding carboxylic acids is 1. The number of hydrogen-bond acceptors (Lipinski definition) is 6. The van der Waals surface area contributed by atoms with Crippen molar-refractivity contribution >= 4 is 17.4 Å². The highest BCUT2D eigenvalue weighted by Crippen LogP contribution is 2.18. The monoisotopic (exact) mass is 320 g/mol. The van der Waals surface area contributed by atoms with E-state index in [-0.39, 0.29) is 5.91 Å². The maximum atomic E-state index is 11.9. The molecule has 0 aliphatic heterocycles. The molecule has 0 aliphatic carbocycles. The molecule has 1 amide bonds. The second-order valence-electron chi connectivity index (χ2n) is 4.99. The molecule has 6 nitrogen and oxygen atoms in total. The van der Waals surface area contributed by atoms with Gasteiger partial charge in [-0.05, 0) is 31.6 Å². The number of methoxy groups -OCH3 is 1. The Bertz CT molecular complexity index is 630. The fourth-order valence-electron chi connectivity index (χ4n) is 2.08. The molecular weight excluding hydrogens is 300 g/mol. The van der Waals surface area contributed by atoms with Gasteiger partial charge < -0.3 is 15.0 Å². The number of likely N-dealkylation sites (N-methyl/N-ethyl adjacent to an activating group) is 1. The van der Waals surface area contributed by atoms with E-state index in [1.165, 1.54) is 0 Å². The van der Waals surface area contributed by atoms with E-state index in [2.05, 4.69) is 19.8 Å². The second kappa shape index (κ2) is 7.86. The normalized spacial score (nSPS) is 10.7. The fourth-order valence-corrected chi connectivity index (χ4v) is 2.66. The van der Waals surface area contributed by atoms with Crippen LogP contribution in [-0.4, -0.2) is 47.6 Å². The minimum atomic E-state index is -0.113. The summed E-state index contributed by atoms with van der Waals surface area (Å²) in [6.07, 6.45) is 0. The number of nitrogens with one attached hydrogen (secondary N) is 1. The average Bonchev–Trinajstić information content (AvgIpc) is 2.94. The van der Waals surface area contributed by atoms with Gasteiger partial charge in [-0.15, -0.1) is 5.10 Å². The molecule has 1 N–H and O–H groups in total. The lowest BCUT2D eigenvalue weighted by molar-refractivity contribution is 0.0953. The zero-order chi connectivity index (χ0) is 15.9. The summed E-state index contributed by atoms with van der Waals surface area (Å²) in [4.78, 5) is 14.7. The molecule has 0 spiro atoms. The lowest BCUT2D eigenvalue weighted by Gasteiger charge is -2.18. The van der Waals surface area contributed by atoms with Crippen molar-refractivity contribution in [2.45, 2.75) is 13.5 Å². The van der Waals surface area contributed by atoms with Gasteiger partial charge in [-0.25, -0.2) is 0 Å². The molecule has 118 valence electrons. The number of ether oxygens (including phenoxy) is 1. The van der Waals surface area contributed by atoms with Gasteiger partial charge in [-0.2, -0.15) is 0 Å². The van der Waals surface area contributed by atoms with E-state index < -0.39 is 0 Å². The third-order valence-electron chi connectivity index (χ3n) is 3.27. The molecule has 0 fully saturated rings. The summed E-state index contributed by atoms with van der Waals surface area (Å²) in [5, 5.41) is 6.73. The van der Waals surface area contributed by atoms with Crippen molar-refractivity contribution in [1.82, 2.24) is 19.8 Å². The number of aryl methyl sites for hydroxylation is 1. The standard InChI is InChI=1S/C15H20N4O2S/c1-11-14(22-18-17-11)15(20)16-8-9-19(2)10-12-6-4-5-7-13(12)21-3/h4-7H,8-10H2,1-3H3,(H,16,20). The lowest BCUT2D eigenvalue weighted by Crippen LogP contribution is -2.32. The molecule has 2 rings (SSSR count). The lowest BCUT2D eigenvalue weighted by atomic mass is 10.2. The van der Waals surface area contributed by atoms with Crippen molar-refractivity contribution in [3.8, 4) is 5.75 Å². The Morgan fingerprint density at radius 1 is 1.41 bits per heavy atom. The maximum absolute atomic E-state index is 11.9. The van der Waals surface area contributed by atoms with Crippen LogP contribution >= 0.6 is 11.5 Å². The molecule has 0 aliphatic rings. The molecule has 2 aromatic rings. The Morgan fingerprint density at radius 2 is 2.18 bits per heavy atom. The number of nitrogens with zero attached hydrogens (tertiary/aromatic N) is 3. The van der Waals surface area contributed by atoms with Gasteiger partial charge in [0.1, 0.15) is 10.6 Å². The summed E-state index contributed by atoms with van der Waals surface area (Å²) in [5.41, 5.74) is 1.80. The van der Waals surface area contributed by atoms with E-state index in [9.17, 15) is 4.79 Å². The number of amides is 1. The third kappa shape index (κ3) is 4.25. The summed E-state index contributed by atoms with van der Waals surface area (Å²) in [5.74, 6) is 0.767. The molecule has 22 heavy (non-hydrogen) atoms. The van der Waals surface area contributed by atoms with Gasteiger partial charge >= 0.3 is 0 Å². The van der Waals surface area contributed by atoms with Crippen LogP contribution in [0.15, 0.2) is 24.3 Å². The Labute approximate surface area is 134 Å². The van der Waals surface area contributed by atoms with Crippen molar-refractivity contribution in [2.24, 2.45) is 0 Å². The number of para-hydroxylation sites is 1. The van der Waals surface area contributed by atoms with E-state index >= 15 is 0 Å². The Morgan fingerprint density at radius 3 is 2.86 bits per heavy atom. The summed E-state index contributed by atoms with van der Waals surface area (Å²) in [6, 6.07) is 7.94. The highest BCUT2D eigenvalue weighted by atomic mass is 32.1. The van der Waals surface area contributed by atoms with Crippen LogP contribution < -0.4 is 10.1 Å². The van der Waals surface area contributed by atoms with Crippen LogP contribution in [0.5, 0.6) is 5.75 Å². The highest BCUT2D eigenvalue weighted by Gasteiger charge is 2.12. The molecule has 0 atom stereocenters. The van der Waals surface area contributed by atoms with Crippen LogP contribution in [0.1, 0.15) is 20.9 Å². The Hall–Kier alpha value is -1.99. The summed E-state index contributed by atoms with van der Waals surface area (Å²) in [6.45, 7) is 3.87. The van der Waals surface area contributed by atoms with Gasteiger partial charge in [0.2, 0.25) is 0 Å². The topological polar surface area (TPSA) is 67.3 Å². The first-order chi connectivity index (χ1) is 10.6. The van der Waals surface area contributed by atoms with Crippen LogP contribution in [0.25, 0.3) is 0 Å². The zero-order valence-corrected chi connectivity index (χ0v) is 13.8. The van der Waals surface area contributed by atoms with Gasteiger partial charge in [0.05, 0.1) is 12.8 Å². The van der Waals surface area contributed by atoms with Gasteiger partial charge in [0, 0.05) is 25.2 Å². The molecule has 0 bridgehead atoms. The molecule has 1 heterocycles. The predicted molar refractivity (Wildman–Crippen MR) is 86.3 cm³/mol. The SMILES string of the molecule is COc1ccccc1CN(C)CCNC(=O)c1snnc1C. The molecule has 7 heteroatoms. The second-order valence-corrected chi connectivity index (χ2v) is 5.75. The summed E-state index contributed by atoms with van der Waals surface area (Å²) >= 11 is 1.12. The van der Waals surface area contributed by atoms with Crippen molar-refractivity contribution in [2.75, 3.05) is 27.2 Å². The van der Waals surface area contributed by atoms with E-state index in [0.29, 0.717) is 17.1 Å². The van der Waals surface area contributed by atoms with Crippen molar-refractivity contribution in [3.63, 3.8) is 0 Å². The molecule has 0 saturated carbocycles. The largest absolute Gasteiger partial charge is 0.496 e. The highest BCUT2D eigenvalue weighted by molar-refractivity contribution is 7.07. The van der Waals surface area contributed by atoms with Crippen LogP contribution in [-0.2, 0) is 6.54 Å². The summed E-state index contributed by atoms with van der Waals surface area (Å²) in [7, 11) is 3.68. The zero-order valence-electron chi connectivity index (χ0n) is 13.0. The molecule has 1 aromatic carbocycles. The van der Waals surface area contributed by atoms with Crippen molar-refractivity contribution < 1.29 is 9.53 Å². The van der Waals surface area contributed by atoms with E-state index in [0.717, 1.165) is 35.9 Å². The van der Waals surface area contributed by atoms with Gasteiger partial charge in [0.15, 0.2) is 0 Å². The smallest absolute Gasteiger partial charge is 0.264 e. The molecule has 1 aromatic heterocycles. The van der Waals surface area contributed by atoms with Crippen LogP contribution in [0.2, 0.25) is 0 Å². The Kier molecular flexibility index (Phi) is 5.85. The first-order valence-corrected chi connectivity index (χ1v) is 7.76. The maximum Gasteiger partial charge on any atom is 0.264 e. The van der Waals surface area contributed by atoms with Gasteiger partial charge in [0.25, 0.3) is 5.91 Å². The van der Waals surface area contributed by atoms with Crippen molar-refractivity contribution in [3.05, 3.63) is 40.4 Å². The number of benzene rings is 1. The predicted octanol–water partition coefficient (Wildman–Crippen LogP) is 1.72. The minimum absolute atomic E-state index is 0.113. The quantitative estimate of drug-likeness (QED) is 0.841. The molecular formula is C15H20N4O2S. The average molecular weight is 320 g/mol. The van der Waals surface area contributed by atoms with Gasteiger partial charge in [-0.3, -0.25) is 4.79 Å². The number of hydrogen-bond donors (Lipinski definition) is 1. The van der Waals surface area contributed by atoms with Crippen LogP contribution in [0, 0.1) is 6.92 Å². The van der Waals surface area contributed by atoms with Gasteiger partial charge in [-0.1, -0.05) is 22.7 Å². The number of rotatable bonds is 7. The molecule has 0 unspecified atom stereocenters. The van der Waals surface area contributed by atoms with E-state index in [1.54, 1.807) is 14.0 Å². The van der Waals surface area contributed by atoms with E-state index in [4.69, 9.17) is 4.74 Å². The number of aromatic nitrogens is 2.